The van der Waals surface area contributed by atoms with Crippen molar-refractivity contribution in [3.63, 3.8) is 0 Å². The average molecular weight is 408 g/mol. The van der Waals surface area contributed by atoms with Gasteiger partial charge in [0.2, 0.25) is 0 Å². The second-order valence-electron chi connectivity index (χ2n) is 4.48. The van der Waals surface area contributed by atoms with E-state index in [0.717, 1.165) is 16.9 Å². The van der Waals surface area contributed by atoms with E-state index < -0.39 is 5.97 Å². The molecule has 0 heterocycles. The largest absolute Gasteiger partial charge is 2.00 e. The summed E-state index contributed by atoms with van der Waals surface area (Å²) in [7, 11) is 0. The van der Waals surface area contributed by atoms with Crippen LogP contribution in [-0.2, 0) is 11.4 Å². The summed E-state index contributed by atoms with van der Waals surface area (Å²) < 4.78 is 5.66. The molecule has 0 bridgehead atoms. The van der Waals surface area contributed by atoms with Crippen molar-refractivity contribution in [1.29, 1.82) is 0 Å². The molecule has 0 aliphatic rings. The van der Waals surface area contributed by atoms with Crippen LogP contribution in [0.3, 0.4) is 0 Å². The van der Waals surface area contributed by atoms with Crippen LogP contribution in [-0.4, -0.2) is 60.0 Å². The summed E-state index contributed by atoms with van der Waals surface area (Å²) in [6.45, 7) is 2.09. The van der Waals surface area contributed by atoms with Crippen molar-refractivity contribution >= 4 is 60.9 Å². The Hall–Kier alpha value is -0.979. The molecule has 2 aromatic rings. The van der Waals surface area contributed by atoms with Crippen molar-refractivity contribution in [2.75, 3.05) is 0 Å². The minimum atomic E-state index is -0.908. The Morgan fingerprint density at radius 3 is 2.33 bits per heavy atom. The van der Waals surface area contributed by atoms with Gasteiger partial charge in [-0.3, -0.25) is 0 Å². The first-order valence-electron chi connectivity index (χ1n) is 6.33. The summed E-state index contributed by atoms with van der Waals surface area (Å²) >= 11 is 0. The Bertz CT molecular complexity index is 613. The van der Waals surface area contributed by atoms with E-state index >= 15 is 0 Å². The zero-order chi connectivity index (χ0) is 14.4. The first-order chi connectivity index (χ1) is 9.65. The third kappa shape index (κ3) is 6.11. The molecule has 1 N–H and O–H groups in total. The maximum Gasteiger partial charge on any atom is 2.00 e. The van der Waals surface area contributed by atoms with Crippen molar-refractivity contribution in [2.24, 2.45) is 0 Å². The van der Waals surface area contributed by atoms with E-state index in [1.165, 1.54) is 0 Å². The summed E-state index contributed by atoms with van der Waals surface area (Å²) in [6.07, 6.45) is 1.63. The zero-order valence-corrected chi connectivity index (χ0v) is 16.4. The number of benzene rings is 2. The van der Waals surface area contributed by atoms with Gasteiger partial charge in [0.1, 0.15) is 12.4 Å². The van der Waals surface area contributed by atoms with Crippen molar-refractivity contribution < 1.29 is 17.5 Å². The van der Waals surface area contributed by atoms with Gasteiger partial charge in [0.15, 0.2) is 0 Å². The fourth-order valence-electron chi connectivity index (χ4n) is 1.71. The van der Waals surface area contributed by atoms with Gasteiger partial charge in [0, 0.05) is 5.57 Å². The van der Waals surface area contributed by atoms with Gasteiger partial charge in [0.05, 0.1) is 0 Å². The molecule has 0 aliphatic heterocycles. The van der Waals surface area contributed by atoms with Gasteiger partial charge in [-0.2, -0.15) is 0 Å². The molecule has 0 saturated carbocycles. The zero-order valence-electron chi connectivity index (χ0n) is 14.0. The van der Waals surface area contributed by atoms with E-state index in [0.29, 0.717) is 12.2 Å². The molecule has 21 heavy (non-hydrogen) atoms. The number of hydrogen-bond acceptors (Lipinski definition) is 2. The molecule has 0 atom stereocenters. The Kier molecular flexibility index (Phi) is 7.85. The predicted molar refractivity (Wildman–Crippen MR) is 86.5 cm³/mol. The average Bonchev–Trinajstić information content (AvgIpc) is 2.47. The maximum absolute atomic E-state index is 10.7. The van der Waals surface area contributed by atoms with E-state index in [1.807, 2.05) is 54.6 Å². The number of rotatable bonds is 5. The Balaban J connectivity index is 0. The Morgan fingerprint density at radius 2 is 1.76 bits per heavy atom. The predicted octanol–water partition coefficient (Wildman–Crippen LogP) is 3.60. The molecule has 2 rings (SSSR count). The number of carbonyl (C=O) groups is 1. The molecule has 3 nitrogen and oxygen atoms in total. The quantitative estimate of drug-likeness (QED) is 0.608. The van der Waals surface area contributed by atoms with Gasteiger partial charge < -0.3 is 12.7 Å². The fraction of sp³-hybridized carbons (Fsp3) is 0.118. The van der Waals surface area contributed by atoms with E-state index in [4.69, 9.17) is 9.84 Å². The Labute approximate surface area is 167 Å². The molecule has 4 heteroatoms. The summed E-state index contributed by atoms with van der Waals surface area (Å²) in [5.41, 5.74) is 2.26. The van der Waals surface area contributed by atoms with Crippen LogP contribution in [0.4, 0.5) is 0 Å². The molecule has 2 aromatic carbocycles. The number of carboxylic acids is 1. The second-order valence-corrected chi connectivity index (χ2v) is 4.48. The SMILES string of the molecule is CC(=Cc1ccc(OCc2ccccc2)cc1)C(=O)O.[Ba+2].[H-].[H-]. The fourth-order valence-corrected chi connectivity index (χ4v) is 1.71. The monoisotopic (exact) mass is 408 g/mol. The molecular formula is C17H18BaO3. The minimum Gasteiger partial charge on any atom is -1.00 e. The van der Waals surface area contributed by atoms with Crippen LogP contribution in [0.1, 0.15) is 20.9 Å². The van der Waals surface area contributed by atoms with E-state index in [9.17, 15) is 4.79 Å². The van der Waals surface area contributed by atoms with Crippen molar-refractivity contribution in [1.82, 2.24) is 0 Å². The molecule has 0 amide bonds. The standard InChI is InChI=1S/C17H16O3.Ba.2H/c1-13(17(18)19)11-14-7-9-16(10-8-14)20-12-15-5-3-2-4-6-15;;;/h2-11H,12H2,1H3,(H,18,19);;;/q;+2;2*-1. The maximum atomic E-state index is 10.7. The summed E-state index contributed by atoms with van der Waals surface area (Å²) in [5, 5.41) is 8.82. The smallest absolute Gasteiger partial charge is 1.00 e. The first kappa shape index (κ1) is 18.1. The molecule has 106 valence electrons. The normalized spacial score (nSPS) is 10.6. The van der Waals surface area contributed by atoms with E-state index in [2.05, 4.69) is 0 Å². The summed E-state index contributed by atoms with van der Waals surface area (Å²) in [6, 6.07) is 17.3. The van der Waals surface area contributed by atoms with Crippen LogP contribution < -0.4 is 4.74 Å². The number of hydrogen-bond donors (Lipinski definition) is 1. The Morgan fingerprint density at radius 1 is 1.14 bits per heavy atom. The van der Waals surface area contributed by atoms with Crippen molar-refractivity contribution in [3.8, 4) is 5.75 Å². The van der Waals surface area contributed by atoms with Crippen LogP contribution in [0.15, 0.2) is 60.2 Å². The molecule has 0 aromatic heterocycles. The number of carboxylic acid groups (broad SMARTS) is 1. The molecule has 0 aliphatic carbocycles. The van der Waals surface area contributed by atoms with E-state index in [-0.39, 0.29) is 51.7 Å². The third-order valence-electron chi connectivity index (χ3n) is 2.85. The van der Waals surface area contributed by atoms with Gasteiger partial charge in [-0.25, -0.2) is 4.79 Å². The molecule has 0 fully saturated rings. The van der Waals surface area contributed by atoms with Crippen LogP contribution in [0.2, 0.25) is 0 Å². The van der Waals surface area contributed by atoms with Crippen molar-refractivity contribution in [3.05, 3.63) is 71.3 Å². The van der Waals surface area contributed by atoms with Gasteiger partial charge in [-0.05, 0) is 36.3 Å². The molecule has 0 unspecified atom stereocenters. The van der Waals surface area contributed by atoms with Crippen LogP contribution in [0, 0.1) is 0 Å². The molecule has 0 saturated heterocycles. The molecule has 0 spiro atoms. The van der Waals surface area contributed by atoms with Gasteiger partial charge in [0.25, 0.3) is 0 Å². The van der Waals surface area contributed by atoms with Crippen LogP contribution in [0.25, 0.3) is 6.08 Å². The summed E-state index contributed by atoms with van der Waals surface area (Å²) in [4.78, 5) is 10.7. The number of aliphatic carboxylic acids is 1. The second kappa shape index (κ2) is 9.12. The van der Waals surface area contributed by atoms with Gasteiger partial charge in [-0.1, -0.05) is 42.5 Å². The van der Waals surface area contributed by atoms with E-state index in [1.54, 1.807) is 13.0 Å². The number of ether oxygens (including phenoxy) is 1. The van der Waals surface area contributed by atoms with Crippen molar-refractivity contribution in [2.45, 2.75) is 13.5 Å². The molecule has 0 radical (unpaired) electrons. The van der Waals surface area contributed by atoms with Crippen LogP contribution in [0.5, 0.6) is 5.75 Å². The molecular weight excluding hydrogens is 390 g/mol. The minimum absolute atomic E-state index is 0. The first-order valence-corrected chi connectivity index (χ1v) is 6.33. The topological polar surface area (TPSA) is 46.5 Å². The van der Waals surface area contributed by atoms with Crippen LogP contribution >= 0.6 is 0 Å². The third-order valence-corrected chi connectivity index (χ3v) is 2.85. The summed E-state index contributed by atoms with van der Waals surface area (Å²) in [5.74, 6) is -0.145. The van der Waals surface area contributed by atoms with Gasteiger partial charge >= 0.3 is 54.9 Å². The van der Waals surface area contributed by atoms with Gasteiger partial charge in [-0.15, -0.1) is 0 Å².